The molecular formula is C17H27N5O. The SMILES string of the molecule is CCNC(=NCCn1ccnc1C)N1CC2C3CCC(O3)C2C1. The van der Waals surface area contributed by atoms with E-state index in [1.54, 1.807) is 0 Å². The van der Waals surface area contributed by atoms with E-state index in [1.807, 2.05) is 19.3 Å². The predicted octanol–water partition coefficient (Wildman–Crippen LogP) is 1.27. The second-order valence-electron chi connectivity index (χ2n) is 6.93. The van der Waals surface area contributed by atoms with Gasteiger partial charge < -0.3 is 19.5 Å². The van der Waals surface area contributed by atoms with Crippen molar-refractivity contribution in [1.82, 2.24) is 19.8 Å². The number of aromatic nitrogens is 2. The van der Waals surface area contributed by atoms with E-state index in [9.17, 15) is 0 Å². The molecule has 0 spiro atoms. The normalized spacial score (nSPS) is 32.6. The molecule has 126 valence electrons. The van der Waals surface area contributed by atoms with Crippen LogP contribution in [0.2, 0.25) is 0 Å². The number of hydrogen-bond donors (Lipinski definition) is 1. The van der Waals surface area contributed by atoms with Gasteiger partial charge in [-0.3, -0.25) is 4.99 Å². The van der Waals surface area contributed by atoms with Crippen molar-refractivity contribution < 1.29 is 4.74 Å². The molecule has 1 aromatic rings. The van der Waals surface area contributed by atoms with Crippen molar-refractivity contribution in [3.63, 3.8) is 0 Å². The smallest absolute Gasteiger partial charge is 0.193 e. The van der Waals surface area contributed by atoms with Crippen LogP contribution in [0.15, 0.2) is 17.4 Å². The maximum absolute atomic E-state index is 6.07. The number of nitrogens with zero attached hydrogens (tertiary/aromatic N) is 4. The van der Waals surface area contributed by atoms with Crippen molar-refractivity contribution in [3.05, 3.63) is 18.2 Å². The third-order valence-corrected chi connectivity index (χ3v) is 5.61. The van der Waals surface area contributed by atoms with E-state index >= 15 is 0 Å². The van der Waals surface area contributed by atoms with E-state index in [1.165, 1.54) is 12.8 Å². The summed E-state index contributed by atoms with van der Waals surface area (Å²) in [7, 11) is 0. The van der Waals surface area contributed by atoms with Gasteiger partial charge in [-0.15, -0.1) is 0 Å². The predicted molar refractivity (Wildman–Crippen MR) is 89.4 cm³/mol. The summed E-state index contributed by atoms with van der Waals surface area (Å²) in [5.41, 5.74) is 0. The van der Waals surface area contributed by atoms with Crippen LogP contribution in [-0.2, 0) is 11.3 Å². The third-order valence-electron chi connectivity index (χ3n) is 5.61. The number of ether oxygens (including phenoxy) is 1. The van der Waals surface area contributed by atoms with Gasteiger partial charge in [-0.05, 0) is 26.7 Å². The lowest BCUT2D eigenvalue weighted by Gasteiger charge is -2.23. The molecule has 6 heteroatoms. The zero-order chi connectivity index (χ0) is 15.8. The van der Waals surface area contributed by atoms with Gasteiger partial charge in [-0.1, -0.05) is 0 Å². The Kier molecular flexibility index (Phi) is 4.01. The summed E-state index contributed by atoms with van der Waals surface area (Å²) in [6, 6.07) is 0. The number of hydrogen-bond acceptors (Lipinski definition) is 3. The fourth-order valence-electron chi connectivity index (χ4n) is 4.46. The van der Waals surface area contributed by atoms with Crippen LogP contribution in [0.1, 0.15) is 25.6 Å². The minimum absolute atomic E-state index is 0.506. The summed E-state index contributed by atoms with van der Waals surface area (Å²) in [4.78, 5) is 11.6. The molecule has 6 nitrogen and oxygen atoms in total. The first-order valence-electron chi connectivity index (χ1n) is 8.92. The molecule has 3 aliphatic rings. The minimum Gasteiger partial charge on any atom is -0.374 e. The molecule has 2 bridgehead atoms. The molecule has 23 heavy (non-hydrogen) atoms. The number of imidazole rings is 1. The van der Waals surface area contributed by atoms with Gasteiger partial charge in [0.15, 0.2) is 5.96 Å². The highest BCUT2D eigenvalue weighted by Crippen LogP contribution is 2.47. The van der Waals surface area contributed by atoms with Crippen LogP contribution in [0.3, 0.4) is 0 Å². The Bertz CT molecular complexity index is 565. The second-order valence-corrected chi connectivity index (χ2v) is 6.93. The van der Waals surface area contributed by atoms with E-state index in [0.717, 1.165) is 44.5 Å². The molecule has 4 rings (SSSR count). The molecule has 0 aromatic carbocycles. The zero-order valence-corrected chi connectivity index (χ0v) is 14.1. The number of fused-ring (bicyclic) bond motifs is 5. The molecule has 3 fully saturated rings. The van der Waals surface area contributed by atoms with Crippen LogP contribution in [0, 0.1) is 18.8 Å². The maximum atomic E-state index is 6.07. The molecule has 4 heterocycles. The number of rotatable bonds is 4. The lowest BCUT2D eigenvalue weighted by molar-refractivity contribution is 0.0767. The highest BCUT2D eigenvalue weighted by atomic mass is 16.5. The second kappa shape index (κ2) is 6.15. The van der Waals surface area contributed by atoms with Crippen molar-refractivity contribution in [3.8, 4) is 0 Å². The first-order chi connectivity index (χ1) is 11.3. The Morgan fingerprint density at radius 3 is 2.70 bits per heavy atom. The summed E-state index contributed by atoms with van der Waals surface area (Å²) < 4.78 is 8.23. The highest BCUT2D eigenvalue weighted by Gasteiger charge is 2.53. The Morgan fingerprint density at radius 1 is 1.35 bits per heavy atom. The van der Waals surface area contributed by atoms with Gasteiger partial charge in [0, 0.05) is 50.4 Å². The van der Waals surface area contributed by atoms with Gasteiger partial charge in [-0.2, -0.15) is 0 Å². The molecule has 0 amide bonds. The van der Waals surface area contributed by atoms with Crippen molar-refractivity contribution in [2.24, 2.45) is 16.8 Å². The Morgan fingerprint density at radius 2 is 2.09 bits per heavy atom. The van der Waals surface area contributed by atoms with Gasteiger partial charge in [-0.25, -0.2) is 4.98 Å². The average molecular weight is 317 g/mol. The first kappa shape index (κ1) is 15.0. The van der Waals surface area contributed by atoms with E-state index < -0.39 is 0 Å². The number of aliphatic imine (C=N–C) groups is 1. The van der Waals surface area contributed by atoms with E-state index in [-0.39, 0.29) is 0 Å². The van der Waals surface area contributed by atoms with Crippen LogP contribution < -0.4 is 5.32 Å². The molecule has 4 unspecified atom stereocenters. The zero-order valence-electron chi connectivity index (χ0n) is 14.1. The standard InChI is InChI=1S/C17H27N5O/c1-3-18-17(20-7-9-21-8-6-19-12(21)2)22-10-13-14(11-22)16-5-4-15(13)23-16/h6,8,13-16H,3-5,7,9-11H2,1-2H3,(H,18,20). The number of aryl methyl sites for hydroxylation is 1. The molecule has 0 saturated carbocycles. The molecule has 4 atom stereocenters. The summed E-state index contributed by atoms with van der Waals surface area (Å²) in [6.07, 6.45) is 7.40. The Balaban J connectivity index is 1.40. The van der Waals surface area contributed by atoms with Crippen LogP contribution in [0.25, 0.3) is 0 Å². The summed E-state index contributed by atoms with van der Waals surface area (Å²) in [5, 5.41) is 3.47. The number of likely N-dealkylation sites (tertiary alicyclic amines) is 1. The lowest BCUT2D eigenvalue weighted by Crippen LogP contribution is -2.41. The third kappa shape index (κ3) is 2.73. The van der Waals surface area contributed by atoms with Gasteiger partial charge >= 0.3 is 0 Å². The molecule has 1 aromatic heterocycles. The van der Waals surface area contributed by atoms with Crippen LogP contribution in [0.5, 0.6) is 0 Å². The summed E-state index contributed by atoms with van der Waals surface area (Å²) in [5.74, 6) is 3.55. The molecule has 0 radical (unpaired) electrons. The van der Waals surface area contributed by atoms with Crippen molar-refractivity contribution in [2.75, 3.05) is 26.2 Å². The van der Waals surface area contributed by atoms with Crippen molar-refractivity contribution in [1.29, 1.82) is 0 Å². The number of guanidine groups is 1. The van der Waals surface area contributed by atoms with Gasteiger partial charge in [0.2, 0.25) is 0 Å². The molecule has 3 saturated heterocycles. The fraction of sp³-hybridized carbons (Fsp3) is 0.765. The Labute approximate surface area is 137 Å². The molecule has 3 aliphatic heterocycles. The number of nitrogens with one attached hydrogen (secondary N) is 1. The fourth-order valence-corrected chi connectivity index (χ4v) is 4.46. The minimum atomic E-state index is 0.506. The van der Waals surface area contributed by atoms with E-state index in [4.69, 9.17) is 9.73 Å². The van der Waals surface area contributed by atoms with E-state index in [0.29, 0.717) is 24.0 Å². The van der Waals surface area contributed by atoms with Crippen LogP contribution in [0.4, 0.5) is 0 Å². The molecule has 1 N–H and O–H groups in total. The van der Waals surface area contributed by atoms with Gasteiger partial charge in [0.25, 0.3) is 0 Å². The monoisotopic (exact) mass is 317 g/mol. The van der Waals surface area contributed by atoms with Crippen LogP contribution >= 0.6 is 0 Å². The summed E-state index contributed by atoms with van der Waals surface area (Å²) in [6.45, 7) is 8.96. The van der Waals surface area contributed by atoms with Crippen LogP contribution in [-0.4, -0.2) is 58.8 Å². The van der Waals surface area contributed by atoms with Crippen molar-refractivity contribution >= 4 is 5.96 Å². The van der Waals surface area contributed by atoms with Crippen molar-refractivity contribution in [2.45, 2.75) is 45.4 Å². The summed E-state index contributed by atoms with van der Waals surface area (Å²) >= 11 is 0. The lowest BCUT2D eigenvalue weighted by atomic mass is 9.82. The quantitative estimate of drug-likeness (QED) is 0.671. The maximum Gasteiger partial charge on any atom is 0.193 e. The van der Waals surface area contributed by atoms with E-state index in [2.05, 4.69) is 26.7 Å². The Hall–Kier alpha value is -1.56. The average Bonchev–Trinajstić information content (AvgIpc) is 3.29. The molecule has 0 aliphatic carbocycles. The topological polar surface area (TPSA) is 54.7 Å². The molecular weight excluding hydrogens is 290 g/mol. The largest absolute Gasteiger partial charge is 0.374 e. The highest BCUT2D eigenvalue weighted by molar-refractivity contribution is 5.80. The first-order valence-corrected chi connectivity index (χ1v) is 8.92. The van der Waals surface area contributed by atoms with Gasteiger partial charge in [0.05, 0.1) is 18.8 Å². The van der Waals surface area contributed by atoms with Gasteiger partial charge in [0.1, 0.15) is 5.82 Å².